The average molecular weight is 328 g/mol. The zero-order valence-electron chi connectivity index (χ0n) is 13.4. The predicted octanol–water partition coefficient (Wildman–Crippen LogP) is 2.46. The highest BCUT2D eigenvalue weighted by Crippen LogP contribution is 2.31. The Hall–Kier alpha value is -1.31. The lowest BCUT2D eigenvalue weighted by atomic mass is 9.96. The standard InChI is InChI=1S/C14H23F3O5/c1-6-9(2)10(18)21-7-12(3,4)8-22-11(19)13(5,20)14(15,16)17/h9,20H,6-8H2,1-5H3. The molecule has 0 radical (unpaired) electrons. The molecule has 1 N–H and O–H groups in total. The summed E-state index contributed by atoms with van der Waals surface area (Å²) in [6.07, 6.45) is -4.53. The Balaban J connectivity index is 4.50. The Morgan fingerprint density at radius 2 is 1.55 bits per heavy atom. The van der Waals surface area contributed by atoms with Gasteiger partial charge >= 0.3 is 18.1 Å². The maximum Gasteiger partial charge on any atom is 0.427 e. The number of carbonyl (C=O) groups excluding carboxylic acids is 2. The van der Waals surface area contributed by atoms with Gasteiger partial charge in [-0.15, -0.1) is 0 Å². The average Bonchev–Trinajstić information content (AvgIpc) is 2.40. The molecule has 130 valence electrons. The van der Waals surface area contributed by atoms with Gasteiger partial charge in [0.1, 0.15) is 0 Å². The number of esters is 2. The van der Waals surface area contributed by atoms with Gasteiger partial charge in [0.15, 0.2) is 0 Å². The van der Waals surface area contributed by atoms with Crippen LogP contribution in [0.2, 0.25) is 0 Å². The van der Waals surface area contributed by atoms with E-state index in [4.69, 9.17) is 9.84 Å². The molecule has 0 amide bonds. The van der Waals surface area contributed by atoms with Gasteiger partial charge in [-0.1, -0.05) is 27.7 Å². The van der Waals surface area contributed by atoms with Gasteiger partial charge in [-0.25, -0.2) is 4.79 Å². The highest BCUT2D eigenvalue weighted by Gasteiger charge is 2.57. The molecule has 0 aromatic rings. The number of hydrogen-bond donors (Lipinski definition) is 1. The summed E-state index contributed by atoms with van der Waals surface area (Å²) in [5, 5.41) is 9.15. The van der Waals surface area contributed by atoms with E-state index < -0.39 is 35.7 Å². The van der Waals surface area contributed by atoms with Gasteiger partial charge in [0.2, 0.25) is 0 Å². The van der Waals surface area contributed by atoms with E-state index in [1.54, 1.807) is 20.8 Å². The van der Waals surface area contributed by atoms with Crippen molar-refractivity contribution in [1.29, 1.82) is 0 Å². The molecule has 0 aliphatic carbocycles. The van der Waals surface area contributed by atoms with E-state index in [9.17, 15) is 22.8 Å². The van der Waals surface area contributed by atoms with E-state index in [0.717, 1.165) is 0 Å². The maximum absolute atomic E-state index is 12.5. The van der Waals surface area contributed by atoms with Crippen molar-refractivity contribution in [3.63, 3.8) is 0 Å². The molecule has 22 heavy (non-hydrogen) atoms. The third kappa shape index (κ3) is 5.82. The fourth-order valence-electron chi connectivity index (χ4n) is 1.13. The molecular weight excluding hydrogens is 305 g/mol. The Labute approximate surface area is 127 Å². The molecule has 5 nitrogen and oxygen atoms in total. The van der Waals surface area contributed by atoms with Crippen molar-refractivity contribution in [2.45, 2.75) is 52.8 Å². The van der Waals surface area contributed by atoms with Crippen molar-refractivity contribution in [2.24, 2.45) is 11.3 Å². The lowest BCUT2D eigenvalue weighted by Crippen LogP contribution is -2.51. The van der Waals surface area contributed by atoms with Crippen LogP contribution in [0.1, 0.15) is 41.0 Å². The van der Waals surface area contributed by atoms with Crippen LogP contribution < -0.4 is 0 Å². The van der Waals surface area contributed by atoms with Gasteiger partial charge in [-0.3, -0.25) is 4.79 Å². The minimum absolute atomic E-state index is 0.113. The van der Waals surface area contributed by atoms with Gasteiger partial charge < -0.3 is 14.6 Å². The summed E-state index contributed by atoms with van der Waals surface area (Å²) < 4.78 is 46.9. The van der Waals surface area contributed by atoms with Gasteiger partial charge in [-0.2, -0.15) is 13.2 Å². The summed E-state index contributed by atoms with van der Waals surface area (Å²) >= 11 is 0. The Kier molecular flexibility index (Phi) is 6.87. The molecule has 0 aromatic heterocycles. The van der Waals surface area contributed by atoms with Crippen molar-refractivity contribution in [3.05, 3.63) is 0 Å². The zero-order chi connectivity index (χ0) is 17.8. The summed E-state index contributed by atoms with van der Waals surface area (Å²) in [6.45, 7) is 6.42. The first-order valence-electron chi connectivity index (χ1n) is 6.87. The molecule has 0 aliphatic heterocycles. The molecule has 8 heteroatoms. The highest BCUT2D eigenvalue weighted by atomic mass is 19.4. The number of rotatable bonds is 7. The molecule has 2 atom stereocenters. The summed E-state index contributed by atoms with van der Waals surface area (Å²) in [6, 6.07) is 0. The largest absolute Gasteiger partial charge is 0.465 e. The Bertz CT molecular complexity index is 402. The smallest absolute Gasteiger partial charge is 0.427 e. The number of halogens is 3. The summed E-state index contributed by atoms with van der Waals surface area (Å²) in [5.41, 5.74) is -4.45. The molecule has 0 heterocycles. The van der Waals surface area contributed by atoms with E-state index >= 15 is 0 Å². The second-order valence-corrected chi connectivity index (χ2v) is 6.23. The van der Waals surface area contributed by atoms with Crippen LogP contribution in [0.3, 0.4) is 0 Å². The van der Waals surface area contributed by atoms with Crippen molar-refractivity contribution >= 4 is 11.9 Å². The SMILES string of the molecule is CCC(C)C(=O)OCC(C)(C)COC(=O)C(C)(O)C(F)(F)F. The van der Waals surface area contributed by atoms with Crippen LogP contribution in [-0.4, -0.2) is 42.0 Å². The van der Waals surface area contributed by atoms with Crippen LogP contribution in [0.15, 0.2) is 0 Å². The molecule has 0 fully saturated rings. The second kappa shape index (κ2) is 7.30. The first-order valence-corrected chi connectivity index (χ1v) is 6.87. The fraction of sp³-hybridized carbons (Fsp3) is 0.857. The topological polar surface area (TPSA) is 72.8 Å². The number of aliphatic hydroxyl groups is 1. The molecule has 2 unspecified atom stereocenters. The van der Waals surface area contributed by atoms with Crippen LogP contribution in [0.4, 0.5) is 13.2 Å². The second-order valence-electron chi connectivity index (χ2n) is 6.23. The first kappa shape index (κ1) is 20.7. The van der Waals surface area contributed by atoms with Gasteiger partial charge in [0.05, 0.1) is 19.1 Å². The van der Waals surface area contributed by atoms with Crippen LogP contribution in [0, 0.1) is 11.3 Å². The minimum atomic E-state index is -5.13. The molecule has 0 bridgehead atoms. The third-order valence-electron chi connectivity index (χ3n) is 3.16. The highest BCUT2D eigenvalue weighted by molar-refractivity contribution is 5.79. The summed E-state index contributed by atoms with van der Waals surface area (Å²) in [5.74, 6) is -2.50. The lowest BCUT2D eigenvalue weighted by molar-refractivity contribution is -0.257. The van der Waals surface area contributed by atoms with Crippen LogP contribution in [0.25, 0.3) is 0 Å². The van der Waals surface area contributed by atoms with Crippen LogP contribution in [-0.2, 0) is 19.1 Å². The minimum Gasteiger partial charge on any atom is -0.465 e. The van der Waals surface area contributed by atoms with Crippen molar-refractivity contribution < 1.29 is 37.3 Å². The van der Waals surface area contributed by atoms with E-state index in [0.29, 0.717) is 13.3 Å². The van der Waals surface area contributed by atoms with Gasteiger partial charge in [-0.05, 0) is 13.3 Å². The normalized spacial score (nSPS) is 16.6. The monoisotopic (exact) mass is 328 g/mol. The van der Waals surface area contributed by atoms with E-state index in [2.05, 4.69) is 4.74 Å². The van der Waals surface area contributed by atoms with Gasteiger partial charge in [0, 0.05) is 5.41 Å². The van der Waals surface area contributed by atoms with Crippen LogP contribution in [0.5, 0.6) is 0 Å². The fourth-order valence-corrected chi connectivity index (χ4v) is 1.13. The van der Waals surface area contributed by atoms with Crippen LogP contribution >= 0.6 is 0 Å². The van der Waals surface area contributed by atoms with E-state index in [-0.39, 0.29) is 12.5 Å². The molecular formula is C14H23F3O5. The molecule has 0 saturated carbocycles. The van der Waals surface area contributed by atoms with E-state index in [1.807, 2.05) is 6.92 Å². The van der Waals surface area contributed by atoms with Crippen molar-refractivity contribution in [2.75, 3.05) is 13.2 Å². The Morgan fingerprint density at radius 1 is 1.09 bits per heavy atom. The molecule has 0 spiro atoms. The van der Waals surface area contributed by atoms with Crippen molar-refractivity contribution in [1.82, 2.24) is 0 Å². The van der Waals surface area contributed by atoms with E-state index in [1.165, 1.54) is 0 Å². The predicted molar refractivity (Wildman–Crippen MR) is 71.8 cm³/mol. The molecule has 0 saturated heterocycles. The number of carbonyl (C=O) groups is 2. The van der Waals surface area contributed by atoms with Crippen molar-refractivity contribution in [3.8, 4) is 0 Å². The third-order valence-corrected chi connectivity index (χ3v) is 3.16. The summed E-state index contributed by atoms with van der Waals surface area (Å²) in [7, 11) is 0. The Morgan fingerprint density at radius 3 is 1.95 bits per heavy atom. The number of hydrogen-bond acceptors (Lipinski definition) is 5. The van der Waals surface area contributed by atoms with Gasteiger partial charge in [0.25, 0.3) is 5.60 Å². The molecule has 0 aliphatic rings. The first-order chi connectivity index (χ1) is 9.74. The molecule has 0 rings (SSSR count). The summed E-state index contributed by atoms with van der Waals surface area (Å²) in [4.78, 5) is 22.9. The molecule has 0 aromatic carbocycles. The zero-order valence-corrected chi connectivity index (χ0v) is 13.4. The number of ether oxygens (including phenoxy) is 2. The lowest BCUT2D eigenvalue weighted by Gasteiger charge is -2.28. The maximum atomic E-state index is 12.5. The number of alkyl halides is 3. The quantitative estimate of drug-likeness (QED) is 0.727.